The van der Waals surface area contributed by atoms with Crippen molar-refractivity contribution in [3.05, 3.63) is 33.9 Å². The lowest BCUT2D eigenvalue weighted by Crippen LogP contribution is -2.11. The number of hydrogen-bond acceptors (Lipinski definition) is 5. The molecule has 24 heavy (non-hydrogen) atoms. The highest BCUT2D eigenvalue weighted by Crippen LogP contribution is 3.02. The van der Waals surface area contributed by atoms with E-state index in [-0.39, 0.29) is 19.3 Å². The fourth-order valence-corrected chi connectivity index (χ4v) is 4.70. The van der Waals surface area contributed by atoms with Crippen LogP contribution in [-0.2, 0) is 19.8 Å². The summed E-state index contributed by atoms with van der Waals surface area (Å²) in [5.41, 5.74) is -2.25. The van der Waals surface area contributed by atoms with E-state index >= 15 is 0 Å². The summed E-state index contributed by atoms with van der Waals surface area (Å²) in [6.45, 7) is 2.42. The Morgan fingerprint density at radius 1 is 1.12 bits per heavy atom. The van der Waals surface area contributed by atoms with Gasteiger partial charge in [-0.1, -0.05) is 25.5 Å². The molecule has 0 radical (unpaired) electrons. The van der Waals surface area contributed by atoms with Crippen molar-refractivity contribution in [2.45, 2.75) is 24.9 Å². The van der Waals surface area contributed by atoms with E-state index in [0.717, 1.165) is 0 Å². The van der Waals surface area contributed by atoms with Crippen LogP contribution < -0.4 is 0 Å². The molecule has 6 nitrogen and oxygen atoms in total. The molecule has 0 aliphatic heterocycles. The van der Waals surface area contributed by atoms with Crippen LogP contribution >= 0.6 is 17.8 Å². The summed E-state index contributed by atoms with van der Waals surface area (Å²) < 4.78 is 87.9. The molecular formula is C11H15F5NO5PS. The van der Waals surface area contributed by atoms with Gasteiger partial charge in [-0.2, -0.15) is 0 Å². The molecule has 0 heterocycles. The molecule has 1 aromatic carbocycles. The quantitative estimate of drug-likeness (QED) is 0.231. The molecule has 0 unspecified atom stereocenters. The molecule has 0 atom stereocenters. The van der Waals surface area contributed by atoms with E-state index in [4.69, 9.17) is 9.05 Å². The molecule has 1 rings (SSSR count). The van der Waals surface area contributed by atoms with E-state index in [0.29, 0.717) is 12.1 Å². The summed E-state index contributed by atoms with van der Waals surface area (Å²) in [6.07, 6.45) is -1.09. The van der Waals surface area contributed by atoms with Gasteiger partial charge in [-0.3, -0.25) is 14.7 Å². The van der Waals surface area contributed by atoms with Crippen LogP contribution in [0.2, 0.25) is 0 Å². The minimum atomic E-state index is -10.3. The maximum atomic E-state index is 13.2. The minimum Gasteiger partial charge on any atom is -0.309 e. The third-order valence-electron chi connectivity index (χ3n) is 2.69. The van der Waals surface area contributed by atoms with Crippen LogP contribution in [-0.4, -0.2) is 18.1 Å². The Labute approximate surface area is 134 Å². The molecule has 0 fully saturated rings. The fraction of sp³-hybridized carbons (Fsp3) is 0.455. The summed E-state index contributed by atoms with van der Waals surface area (Å²) in [6, 6.07) is 0.833. The first-order valence-electron chi connectivity index (χ1n) is 6.51. The number of halogens is 5. The zero-order valence-electron chi connectivity index (χ0n) is 12.6. The molecular weight excluding hydrogens is 384 g/mol. The highest BCUT2D eigenvalue weighted by Gasteiger charge is 2.67. The van der Waals surface area contributed by atoms with Crippen molar-refractivity contribution in [1.29, 1.82) is 0 Å². The van der Waals surface area contributed by atoms with Crippen LogP contribution in [0.25, 0.3) is 0 Å². The van der Waals surface area contributed by atoms with E-state index in [2.05, 4.69) is 0 Å². The van der Waals surface area contributed by atoms with Gasteiger partial charge in [0.2, 0.25) is 0 Å². The van der Waals surface area contributed by atoms with Crippen molar-refractivity contribution < 1.29 is 38.0 Å². The highest BCUT2D eigenvalue weighted by atomic mass is 32.5. The summed E-state index contributed by atoms with van der Waals surface area (Å²) in [5, 5.41) is 10.6. The zero-order valence-corrected chi connectivity index (χ0v) is 14.3. The Hall–Kier alpha value is -1.23. The van der Waals surface area contributed by atoms with Gasteiger partial charge in [0, 0.05) is 12.1 Å². The highest BCUT2D eigenvalue weighted by molar-refractivity contribution is 8.45. The van der Waals surface area contributed by atoms with Gasteiger partial charge in [0.25, 0.3) is 5.69 Å². The van der Waals surface area contributed by atoms with Crippen LogP contribution in [0.5, 0.6) is 0 Å². The Balaban J connectivity index is 3.55. The third kappa shape index (κ3) is 5.40. The molecule has 0 amide bonds. The lowest BCUT2D eigenvalue weighted by Gasteiger charge is -2.41. The topological polar surface area (TPSA) is 78.7 Å². The summed E-state index contributed by atoms with van der Waals surface area (Å²) in [7, 11) is -14.4. The molecule has 0 N–H and O–H groups in total. The molecule has 0 saturated heterocycles. The van der Waals surface area contributed by atoms with Gasteiger partial charge < -0.3 is 9.05 Å². The smallest absolute Gasteiger partial charge is 0.309 e. The first kappa shape index (κ1) is 20.8. The standard InChI is InChI=1S/C11H15F5NO5PS/c1-3-21-23(20,22-4-2)8-9-5-6-10(17(18)19)7-11(9)24(12,13,14,15)16/h5-7H,3-4,8H2,1-2H3. The number of benzene rings is 1. The maximum absolute atomic E-state index is 13.2. The van der Waals surface area contributed by atoms with Crippen molar-refractivity contribution in [1.82, 2.24) is 0 Å². The molecule has 13 heteroatoms. The fourth-order valence-electron chi connectivity index (χ4n) is 1.88. The van der Waals surface area contributed by atoms with Crippen LogP contribution in [0, 0.1) is 10.1 Å². The van der Waals surface area contributed by atoms with Gasteiger partial charge >= 0.3 is 17.8 Å². The number of non-ortho nitro benzene ring substituents is 1. The Kier molecular flexibility index (Phi) is 5.15. The molecule has 0 bridgehead atoms. The maximum Gasteiger partial charge on any atom is 0.335 e. The number of nitro groups is 1. The van der Waals surface area contributed by atoms with Crippen LogP contribution in [0.4, 0.5) is 25.1 Å². The van der Waals surface area contributed by atoms with Crippen molar-refractivity contribution in [2.75, 3.05) is 13.2 Å². The van der Waals surface area contributed by atoms with Gasteiger partial charge in [0.1, 0.15) is 4.90 Å². The SMILES string of the molecule is CCOP(=O)(Cc1ccc([N+](=O)[O-])cc1S(F)(F)(F)(F)F)OCC. The summed E-state index contributed by atoms with van der Waals surface area (Å²) in [5.74, 6) is 0. The molecule has 0 spiro atoms. The van der Waals surface area contributed by atoms with Gasteiger partial charge in [0.05, 0.1) is 24.3 Å². The lowest BCUT2D eigenvalue weighted by atomic mass is 10.2. The molecule has 140 valence electrons. The Morgan fingerprint density at radius 2 is 1.62 bits per heavy atom. The van der Waals surface area contributed by atoms with E-state index in [9.17, 15) is 34.1 Å². The van der Waals surface area contributed by atoms with E-state index in [1.165, 1.54) is 13.8 Å². The number of rotatable bonds is 8. The predicted molar refractivity (Wildman–Crippen MR) is 79.1 cm³/mol. The normalized spacial score (nSPS) is 15.6. The van der Waals surface area contributed by atoms with Crippen molar-refractivity contribution in [3.8, 4) is 0 Å². The monoisotopic (exact) mass is 399 g/mol. The van der Waals surface area contributed by atoms with E-state index < -0.39 is 45.1 Å². The number of nitrogens with zero attached hydrogens (tertiary/aromatic N) is 1. The van der Waals surface area contributed by atoms with Crippen LogP contribution in [0.3, 0.4) is 0 Å². The molecule has 1 aromatic rings. The molecule has 0 aliphatic carbocycles. The second kappa shape index (κ2) is 5.94. The first-order valence-corrected chi connectivity index (χ1v) is 10.2. The Morgan fingerprint density at radius 3 is 2.00 bits per heavy atom. The van der Waals surface area contributed by atoms with Crippen molar-refractivity contribution in [2.24, 2.45) is 0 Å². The molecule has 0 aromatic heterocycles. The largest absolute Gasteiger partial charge is 0.335 e. The summed E-state index contributed by atoms with van der Waals surface area (Å²) >= 11 is 0. The Bertz CT molecular complexity index is 686. The second-order valence-electron chi connectivity index (χ2n) is 4.62. The van der Waals surface area contributed by atoms with Gasteiger partial charge in [0.15, 0.2) is 0 Å². The van der Waals surface area contributed by atoms with Crippen LogP contribution in [0.1, 0.15) is 19.4 Å². The average Bonchev–Trinajstić information content (AvgIpc) is 2.36. The van der Waals surface area contributed by atoms with Gasteiger partial charge in [-0.15, -0.1) is 0 Å². The van der Waals surface area contributed by atoms with Crippen molar-refractivity contribution in [3.63, 3.8) is 0 Å². The molecule has 0 aliphatic rings. The van der Waals surface area contributed by atoms with E-state index in [1.807, 2.05) is 0 Å². The van der Waals surface area contributed by atoms with Crippen LogP contribution in [0.15, 0.2) is 23.1 Å². The number of nitro benzene ring substituents is 1. The van der Waals surface area contributed by atoms with Gasteiger partial charge in [-0.25, -0.2) is 0 Å². The van der Waals surface area contributed by atoms with Gasteiger partial charge in [-0.05, 0) is 19.4 Å². The minimum absolute atomic E-state index is 0.185. The average molecular weight is 399 g/mol. The predicted octanol–water partition coefficient (Wildman–Crippen LogP) is 6.02. The zero-order chi connectivity index (χ0) is 18.9. The number of hydrogen-bond donors (Lipinski definition) is 0. The third-order valence-corrected chi connectivity index (χ3v) is 5.94. The van der Waals surface area contributed by atoms with Crippen molar-refractivity contribution >= 4 is 23.5 Å². The van der Waals surface area contributed by atoms with E-state index in [1.54, 1.807) is 0 Å². The molecule has 0 saturated carbocycles. The summed E-state index contributed by atoms with van der Waals surface area (Å²) in [4.78, 5) is 6.89. The lowest BCUT2D eigenvalue weighted by molar-refractivity contribution is -0.385. The second-order valence-corrected chi connectivity index (χ2v) is 9.05. The first-order chi connectivity index (χ1) is 10.6.